The smallest absolute Gasteiger partial charge is 0.354 e. The fraction of sp³-hybridized carbons (Fsp3) is 0.267. The lowest BCUT2D eigenvalue weighted by Gasteiger charge is -2.05. The van der Waals surface area contributed by atoms with Gasteiger partial charge in [-0.1, -0.05) is 23.7 Å². The van der Waals surface area contributed by atoms with Crippen LogP contribution in [-0.2, 0) is 28.4 Å². The van der Waals surface area contributed by atoms with E-state index in [9.17, 15) is 13.2 Å². The second-order valence-corrected chi connectivity index (χ2v) is 7.05. The first-order chi connectivity index (χ1) is 10.8. The molecule has 0 spiro atoms. The third-order valence-electron chi connectivity index (χ3n) is 3.15. The zero-order valence-corrected chi connectivity index (χ0v) is 14.3. The number of carbonyl (C=O) groups excluding carboxylic acids is 1. The van der Waals surface area contributed by atoms with Crippen molar-refractivity contribution in [3.05, 3.63) is 52.8 Å². The monoisotopic (exact) mass is 356 g/mol. The number of hydrogen-bond donors (Lipinski definition) is 1. The molecule has 0 saturated carbocycles. The van der Waals surface area contributed by atoms with Crippen molar-refractivity contribution < 1.29 is 17.9 Å². The normalized spacial score (nSPS) is 11.4. The molecular formula is C15H17ClN2O4S. The molecule has 124 valence electrons. The Hall–Kier alpha value is -1.83. The van der Waals surface area contributed by atoms with Crippen LogP contribution in [0.5, 0.6) is 0 Å². The van der Waals surface area contributed by atoms with Crippen LogP contribution < -0.4 is 4.72 Å². The predicted octanol–water partition coefficient (Wildman–Crippen LogP) is 2.33. The van der Waals surface area contributed by atoms with E-state index in [1.807, 2.05) is 0 Å². The minimum atomic E-state index is -3.73. The van der Waals surface area contributed by atoms with Crippen LogP contribution in [0.25, 0.3) is 0 Å². The van der Waals surface area contributed by atoms with Gasteiger partial charge >= 0.3 is 5.97 Å². The Balaban J connectivity index is 2.14. The quantitative estimate of drug-likeness (QED) is 0.806. The van der Waals surface area contributed by atoms with E-state index >= 15 is 0 Å². The lowest BCUT2D eigenvalue weighted by molar-refractivity contribution is 0.0515. The fourth-order valence-corrected chi connectivity index (χ4v) is 3.17. The van der Waals surface area contributed by atoms with Gasteiger partial charge in [-0.2, -0.15) is 0 Å². The molecule has 0 atom stereocenters. The molecule has 8 heteroatoms. The van der Waals surface area contributed by atoms with Crippen LogP contribution >= 0.6 is 11.6 Å². The molecule has 0 saturated heterocycles. The molecule has 1 heterocycles. The summed E-state index contributed by atoms with van der Waals surface area (Å²) in [5.41, 5.74) is 0.957. The molecule has 1 aromatic heterocycles. The number of ether oxygens (including phenoxy) is 1. The third-order valence-corrected chi connectivity index (χ3v) is 4.77. The van der Waals surface area contributed by atoms with E-state index in [0.29, 0.717) is 5.02 Å². The van der Waals surface area contributed by atoms with Crippen molar-refractivity contribution in [3.63, 3.8) is 0 Å². The molecule has 0 fully saturated rings. The second-order valence-electron chi connectivity index (χ2n) is 4.84. The van der Waals surface area contributed by atoms with Crippen molar-refractivity contribution in [1.82, 2.24) is 9.29 Å². The summed E-state index contributed by atoms with van der Waals surface area (Å²) >= 11 is 5.79. The molecule has 1 N–H and O–H groups in total. The number of halogens is 1. The van der Waals surface area contributed by atoms with Gasteiger partial charge in [0.2, 0.25) is 10.0 Å². The average molecular weight is 357 g/mol. The van der Waals surface area contributed by atoms with Crippen molar-refractivity contribution in [3.8, 4) is 0 Å². The highest BCUT2D eigenvalue weighted by atomic mass is 35.5. The van der Waals surface area contributed by atoms with Crippen LogP contribution in [-0.4, -0.2) is 25.6 Å². The summed E-state index contributed by atoms with van der Waals surface area (Å²) in [6, 6.07) is 8.14. The van der Waals surface area contributed by atoms with Gasteiger partial charge in [-0.15, -0.1) is 0 Å². The minimum absolute atomic E-state index is 0.0111. The highest BCUT2D eigenvalue weighted by Gasteiger charge is 2.20. The van der Waals surface area contributed by atoms with Gasteiger partial charge in [0.05, 0.1) is 6.61 Å². The van der Waals surface area contributed by atoms with Gasteiger partial charge in [0.15, 0.2) is 0 Å². The van der Waals surface area contributed by atoms with Crippen LogP contribution in [0.4, 0.5) is 0 Å². The van der Waals surface area contributed by atoms with Crippen LogP contribution in [0, 0.1) is 0 Å². The molecule has 0 aliphatic heterocycles. The van der Waals surface area contributed by atoms with Crippen LogP contribution in [0.1, 0.15) is 23.0 Å². The molecule has 1 aromatic carbocycles. The van der Waals surface area contributed by atoms with Gasteiger partial charge < -0.3 is 9.30 Å². The Morgan fingerprint density at radius 1 is 1.30 bits per heavy atom. The van der Waals surface area contributed by atoms with Crippen LogP contribution in [0.15, 0.2) is 41.4 Å². The number of aryl methyl sites for hydroxylation is 1. The molecule has 0 unspecified atom stereocenters. The molecule has 6 nitrogen and oxygen atoms in total. The average Bonchev–Trinajstić information content (AvgIpc) is 2.90. The first kappa shape index (κ1) is 17.5. The molecule has 2 aromatic rings. The van der Waals surface area contributed by atoms with Gasteiger partial charge in [0.1, 0.15) is 10.6 Å². The van der Waals surface area contributed by atoms with E-state index in [2.05, 4.69) is 4.72 Å². The topological polar surface area (TPSA) is 77.4 Å². The highest BCUT2D eigenvalue weighted by Crippen LogP contribution is 2.15. The van der Waals surface area contributed by atoms with Gasteiger partial charge in [-0.05, 0) is 30.7 Å². The molecule has 0 amide bonds. The maximum absolute atomic E-state index is 12.3. The van der Waals surface area contributed by atoms with Crippen molar-refractivity contribution >= 4 is 27.6 Å². The number of aromatic nitrogens is 1. The van der Waals surface area contributed by atoms with E-state index in [1.165, 1.54) is 16.8 Å². The lowest BCUT2D eigenvalue weighted by Crippen LogP contribution is -2.22. The Morgan fingerprint density at radius 2 is 1.96 bits per heavy atom. The Labute approximate surface area is 140 Å². The molecule has 2 rings (SSSR count). The number of rotatable bonds is 6. The van der Waals surface area contributed by atoms with Crippen LogP contribution in [0.2, 0.25) is 5.02 Å². The number of sulfonamides is 1. The number of benzene rings is 1. The zero-order valence-electron chi connectivity index (χ0n) is 12.7. The summed E-state index contributed by atoms with van der Waals surface area (Å²) < 4.78 is 33.4. The molecule has 23 heavy (non-hydrogen) atoms. The molecular weight excluding hydrogens is 340 g/mol. The fourth-order valence-electron chi connectivity index (χ4n) is 1.95. The third kappa shape index (κ3) is 4.34. The van der Waals surface area contributed by atoms with Gasteiger partial charge in [-0.3, -0.25) is 0 Å². The molecule has 0 bridgehead atoms. The molecule has 0 aliphatic rings. The summed E-state index contributed by atoms with van der Waals surface area (Å²) in [5, 5.41) is 0.582. The number of esters is 1. The zero-order chi connectivity index (χ0) is 17.0. The standard InChI is InChI=1S/C15H17ClN2O4S/c1-3-22-15(19)14-8-13(10-18(14)2)23(20,21)17-9-11-4-6-12(16)7-5-11/h4-8,10,17H,3,9H2,1-2H3. The number of hydrogen-bond acceptors (Lipinski definition) is 4. The Bertz CT molecular complexity index is 797. The summed E-state index contributed by atoms with van der Waals surface area (Å²) in [4.78, 5) is 11.8. The largest absolute Gasteiger partial charge is 0.461 e. The summed E-state index contributed by atoms with van der Waals surface area (Å²) in [6.07, 6.45) is 1.37. The summed E-state index contributed by atoms with van der Waals surface area (Å²) in [5.74, 6) is -0.561. The van der Waals surface area contributed by atoms with Gasteiger partial charge in [-0.25, -0.2) is 17.9 Å². The first-order valence-corrected chi connectivity index (χ1v) is 8.77. The second kappa shape index (κ2) is 7.16. The van der Waals surface area contributed by atoms with Crippen molar-refractivity contribution in [2.24, 2.45) is 7.05 Å². The minimum Gasteiger partial charge on any atom is -0.461 e. The number of nitrogens with zero attached hydrogens (tertiary/aromatic N) is 1. The number of nitrogens with one attached hydrogen (secondary N) is 1. The van der Waals surface area contributed by atoms with E-state index < -0.39 is 16.0 Å². The van der Waals surface area contributed by atoms with E-state index in [0.717, 1.165) is 5.56 Å². The maximum atomic E-state index is 12.3. The Kier molecular flexibility index (Phi) is 5.46. The summed E-state index contributed by atoms with van der Waals surface area (Å²) in [6.45, 7) is 2.04. The van der Waals surface area contributed by atoms with Gasteiger partial charge in [0.25, 0.3) is 0 Å². The first-order valence-electron chi connectivity index (χ1n) is 6.91. The van der Waals surface area contributed by atoms with Crippen molar-refractivity contribution in [2.45, 2.75) is 18.4 Å². The summed E-state index contributed by atoms with van der Waals surface area (Å²) in [7, 11) is -2.14. The van der Waals surface area contributed by atoms with Crippen molar-refractivity contribution in [2.75, 3.05) is 6.61 Å². The van der Waals surface area contributed by atoms with Crippen molar-refractivity contribution in [1.29, 1.82) is 0 Å². The Morgan fingerprint density at radius 3 is 2.57 bits per heavy atom. The molecule has 0 radical (unpaired) electrons. The van der Waals surface area contributed by atoms with Gasteiger partial charge in [0, 0.05) is 24.8 Å². The number of carbonyl (C=O) groups is 1. The predicted molar refractivity (Wildman–Crippen MR) is 86.8 cm³/mol. The van der Waals surface area contributed by atoms with E-state index in [4.69, 9.17) is 16.3 Å². The van der Waals surface area contributed by atoms with Crippen LogP contribution in [0.3, 0.4) is 0 Å². The SMILES string of the molecule is CCOC(=O)c1cc(S(=O)(=O)NCc2ccc(Cl)cc2)cn1C. The van der Waals surface area contributed by atoms with E-state index in [1.54, 1.807) is 38.2 Å². The lowest BCUT2D eigenvalue weighted by atomic mass is 10.2. The molecule has 0 aliphatic carbocycles. The highest BCUT2D eigenvalue weighted by molar-refractivity contribution is 7.89. The maximum Gasteiger partial charge on any atom is 0.354 e. The van der Waals surface area contributed by atoms with E-state index in [-0.39, 0.29) is 23.7 Å².